The second-order valence-corrected chi connectivity index (χ2v) is 7.85. The highest BCUT2D eigenvalue weighted by Gasteiger charge is 2.32. The van der Waals surface area contributed by atoms with Crippen molar-refractivity contribution in [1.29, 1.82) is 0 Å². The SMILES string of the molecule is COC(=O)c1c(-c2ccccc2OCC(=O)NCc2ccccc2)nn(-c2ccccc2)c1C(=O)OC. The van der Waals surface area contributed by atoms with Crippen LogP contribution in [0.25, 0.3) is 16.9 Å². The highest BCUT2D eigenvalue weighted by molar-refractivity contribution is 6.07. The molecule has 0 saturated carbocycles. The number of carbonyl (C=O) groups is 3. The molecular weight excluding hydrogens is 474 g/mol. The Labute approximate surface area is 213 Å². The zero-order valence-electron chi connectivity index (χ0n) is 20.3. The molecule has 1 aromatic heterocycles. The minimum absolute atomic E-state index is 0.0808. The molecule has 0 saturated heterocycles. The van der Waals surface area contributed by atoms with E-state index in [1.165, 1.54) is 18.9 Å². The molecule has 3 aromatic carbocycles. The van der Waals surface area contributed by atoms with Gasteiger partial charge in [-0.05, 0) is 29.8 Å². The minimum Gasteiger partial charge on any atom is -0.483 e. The Morgan fingerprint density at radius 2 is 1.43 bits per heavy atom. The standard InChI is InChI=1S/C28H25N3O6/c1-35-27(33)24-25(30-31(26(24)28(34)36-2)20-13-7-4-8-14-20)21-15-9-10-16-22(21)37-18-23(32)29-17-19-11-5-3-6-12-19/h3-16H,17-18H2,1-2H3,(H,29,32). The van der Waals surface area contributed by atoms with Gasteiger partial charge in [-0.15, -0.1) is 0 Å². The van der Waals surface area contributed by atoms with Crippen LogP contribution in [0.5, 0.6) is 5.75 Å². The summed E-state index contributed by atoms with van der Waals surface area (Å²) in [5.74, 6) is -1.55. The number of rotatable bonds is 9. The predicted octanol–water partition coefficient (Wildman–Crippen LogP) is 3.81. The molecule has 4 aromatic rings. The first kappa shape index (κ1) is 25.2. The molecule has 0 aliphatic rings. The summed E-state index contributed by atoms with van der Waals surface area (Å²) in [5.41, 5.74) is 1.88. The molecule has 1 N–H and O–H groups in total. The van der Waals surface area contributed by atoms with Crippen molar-refractivity contribution in [3.8, 4) is 22.7 Å². The van der Waals surface area contributed by atoms with Gasteiger partial charge in [-0.25, -0.2) is 14.3 Å². The number of carbonyl (C=O) groups excluding carboxylic acids is 3. The molecule has 0 aliphatic heterocycles. The number of benzene rings is 3. The number of amides is 1. The summed E-state index contributed by atoms with van der Waals surface area (Å²) in [4.78, 5) is 38.1. The fourth-order valence-corrected chi connectivity index (χ4v) is 3.72. The second-order valence-electron chi connectivity index (χ2n) is 7.85. The molecule has 0 atom stereocenters. The van der Waals surface area contributed by atoms with E-state index in [1.54, 1.807) is 48.5 Å². The van der Waals surface area contributed by atoms with Crippen LogP contribution in [0.3, 0.4) is 0 Å². The summed E-state index contributed by atoms with van der Waals surface area (Å²) in [6.07, 6.45) is 0. The van der Waals surface area contributed by atoms with Crippen molar-refractivity contribution in [2.45, 2.75) is 6.54 Å². The summed E-state index contributed by atoms with van der Waals surface area (Å²) in [7, 11) is 2.43. The van der Waals surface area contributed by atoms with Gasteiger partial charge in [0.2, 0.25) is 0 Å². The van der Waals surface area contributed by atoms with Gasteiger partial charge in [-0.2, -0.15) is 5.10 Å². The van der Waals surface area contributed by atoms with E-state index in [-0.39, 0.29) is 29.5 Å². The van der Waals surface area contributed by atoms with Crippen LogP contribution in [-0.4, -0.2) is 48.5 Å². The first-order chi connectivity index (χ1) is 18.0. The summed E-state index contributed by atoms with van der Waals surface area (Å²) < 4.78 is 17.1. The molecule has 0 fully saturated rings. The molecule has 9 nitrogen and oxygen atoms in total. The molecule has 0 aliphatic carbocycles. The molecule has 1 amide bonds. The quantitative estimate of drug-likeness (QED) is 0.349. The van der Waals surface area contributed by atoms with Crippen LogP contribution in [0.15, 0.2) is 84.9 Å². The maximum atomic E-state index is 12.9. The molecule has 1 heterocycles. The monoisotopic (exact) mass is 499 g/mol. The first-order valence-corrected chi connectivity index (χ1v) is 11.4. The Morgan fingerprint density at radius 3 is 2.11 bits per heavy atom. The molecule has 0 radical (unpaired) electrons. The number of para-hydroxylation sites is 2. The zero-order valence-corrected chi connectivity index (χ0v) is 20.3. The van der Waals surface area contributed by atoms with E-state index >= 15 is 0 Å². The average Bonchev–Trinajstić information content (AvgIpc) is 3.36. The normalized spacial score (nSPS) is 10.4. The van der Waals surface area contributed by atoms with E-state index in [2.05, 4.69) is 10.4 Å². The number of ether oxygens (including phenoxy) is 3. The molecule has 188 valence electrons. The van der Waals surface area contributed by atoms with E-state index in [4.69, 9.17) is 14.2 Å². The molecule has 9 heteroatoms. The highest BCUT2D eigenvalue weighted by Crippen LogP contribution is 2.34. The molecule has 0 bridgehead atoms. The fraction of sp³-hybridized carbons (Fsp3) is 0.143. The average molecular weight is 500 g/mol. The molecular formula is C28H25N3O6. The molecule has 37 heavy (non-hydrogen) atoms. The van der Waals surface area contributed by atoms with Crippen LogP contribution in [-0.2, 0) is 20.8 Å². The molecule has 0 unspecified atom stereocenters. The van der Waals surface area contributed by atoms with E-state index < -0.39 is 11.9 Å². The lowest BCUT2D eigenvalue weighted by molar-refractivity contribution is -0.123. The lowest BCUT2D eigenvalue weighted by Crippen LogP contribution is -2.28. The fourth-order valence-electron chi connectivity index (χ4n) is 3.72. The van der Waals surface area contributed by atoms with Gasteiger partial charge in [-0.1, -0.05) is 60.7 Å². The predicted molar refractivity (Wildman–Crippen MR) is 135 cm³/mol. The Morgan fingerprint density at radius 1 is 0.811 bits per heavy atom. The largest absolute Gasteiger partial charge is 0.483 e. The number of hydrogen-bond acceptors (Lipinski definition) is 7. The smallest absolute Gasteiger partial charge is 0.357 e. The van der Waals surface area contributed by atoms with Gasteiger partial charge < -0.3 is 19.5 Å². The van der Waals surface area contributed by atoms with Gasteiger partial charge in [0, 0.05) is 12.1 Å². The van der Waals surface area contributed by atoms with Crippen LogP contribution in [0, 0.1) is 0 Å². The van der Waals surface area contributed by atoms with E-state index in [9.17, 15) is 14.4 Å². The van der Waals surface area contributed by atoms with Crippen molar-refractivity contribution < 1.29 is 28.6 Å². The van der Waals surface area contributed by atoms with E-state index in [0.29, 0.717) is 23.5 Å². The number of aromatic nitrogens is 2. The number of hydrogen-bond donors (Lipinski definition) is 1. The van der Waals surface area contributed by atoms with Gasteiger partial charge in [0.15, 0.2) is 12.3 Å². The summed E-state index contributed by atoms with van der Waals surface area (Å²) in [6, 6.07) is 25.2. The number of esters is 2. The van der Waals surface area contributed by atoms with Crippen molar-refractivity contribution >= 4 is 17.8 Å². The summed E-state index contributed by atoms with van der Waals surface area (Å²) >= 11 is 0. The third-order valence-corrected chi connectivity index (χ3v) is 5.49. The van der Waals surface area contributed by atoms with Crippen molar-refractivity contribution in [2.24, 2.45) is 0 Å². The first-order valence-electron chi connectivity index (χ1n) is 11.4. The highest BCUT2D eigenvalue weighted by atomic mass is 16.5. The van der Waals surface area contributed by atoms with Crippen molar-refractivity contribution in [1.82, 2.24) is 15.1 Å². The Hall–Kier alpha value is -4.92. The van der Waals surface area contributed by atoms with Crippen LogP contribution < -0.4 is 10.1 Å². The van der Waals surface area contributed by atoms with Gasteiger partial charge in [0.1, 0.15) is 17.0 Å². The van der Waals surface area contributed by atoms with Crippen molar-refractivity contribution in [3.63, 3.8) is 0 Å². The number of methoxy groups -OCH3 is 2. The zero-order chi connectivity index (χ0) is 26.2. The number of nitrogens with zero attached hydrogens (tertiary/aromatic N) is 2. The Kier molecular flexibility index (Phi) is 7.95. The van der Waals surface area contributed by atoms with Gasteiger partial charge >= 0.3 is 11.9 Å². The van der Waals surface area contributed by atoms with Gasteiger partial charge in [0.25, 0.3) is 5.91 Å². The van der Waals surface area contributed by atoms with E-state index in [0.717, 1.165) is 5.56 Å². The minimum atomic E-state index is -0.770. The van der Waals surface area contributed by atoms with Crippen molar-refractivity contribution in [2.75, 3.05) is 20.8 Å². The van der Waals surface area contributed by atoms with Crippen LogP contribution in [0.4, 0.5) is 0 Å². The van der Waals surface area contributed by atoms with E-state index in [1.807, 2.05) is 36.4 Å². The topological polar surface area (TPSA) is 109 Å². The maximum Gasteiger partial charge on any atom is 0.357 e. The van der Waals surface area contributed by atoms with Gasteiger partial charge in [0.05, 0.1) is 19.9 Å². The Bertz CT molecular complexity index is 1400. The number of nitrogens with one attached hydrogen (secondary N) is 1. The van der Waals surface area contributed by atoms with Gasteiger partial charge in [-0.3, -0.25) is 4.79 Å². The van der Waals surface area contributed by atoms with Crippen LogP contribution in [0.2, 0.25) is 0 Å². The third-order valence-electron chi connectivity index (χ3n) is 5.49. The molecule has 4 rings (SSSR count). The Balaban J connectivity index is 1.69. The maximum absolute atomic E-state index is 12.9. The van der Waals surface area contributed by atoms with Crippen LogP contribution >= 0.6 is 0 Å². The van der Waals surface area contributed by atoms with Crippen LogP contribution in [0.1, 0.15) is 26.4 Å². The second kappa shape index (κ2) is 11.7. The lowest BCUT2D eigenvalue weighted by Gasteiger charge is -2.11. The third kappa shape index (κ3) is 5.67. The summed E-state index contributed by atoms with van der Waals surface area (Å²) in [6.45, 7) is 0.0990. The summed E-state index contributed by atoms with van der Waals surface area (Å²) in [5, 5.41) is 7.39. The van der Waals surface area contributed by atoms with Crippen molar-refractivity contribution in [3.05, 3.63) is 102 Å². The lowest BCUT2D eigenvalue weighted by atomic mass is 10.0. The molecule has 0 spiro atoms.